The number of nitrogens with zero attached hydrogens (tertiary/aromatic N) is 2. The van der Waals surface area contributed by atoms with Gasteiger partial charge in [0.15, 0.2) is 0 Å². The van der Waals surface area contributed by atoms with Gasteiger partial charge in [-0.15, -0.1) is 0 Å². The van der Waals surface area contributed by atoms with Crippen molar-refractivity contribution in [2.75, 3.05) is 0 Å². The largest absolute Gasteiger partial charge is 0.328 e. The number of aryl methyl sites for hydroxylation is 2. The van der Waals surface area contributed by atoms with E-state index < -0.39 is 5.67 Å². The topological polar surface area (TPSA) is 43.8 Å². The first kappa shape index (κ1) is 12.8. The molecule has 1 aliphatic carbocycles. The molecule has 3 nitrogen and oxygen atoms in total. The van der Waals surface area contributed by atoms with E-state index in [1.54, 1.807) is 11.7 Å². The highest BCUT2D eigenvalue weighted by molar-refractivity contribution is 6.30. The van der Waals surface area contributed by atoms with Gasteiger partial charge in [0.2, 0.25) is 0 Å². The predicted octanol–water partition coefficient (Wildman–Crippen LogP) is 2.53. The summed E-state index contributed by atoms with van der Waals surface area (Å²) in [6.45, 7) is 1.87. The van der Waals surface area contributed by atoms with Crippen LogP contribution in [-0.4, -0.2) is 21.5 Å². The SMILES string of the molecule is Cc1nn(C)c(Cl)c1CC1(F)CCC(N)CC1. The Balaban J connectivity index is 2.15. The molecule has 2 rings (SSSR count). The Morgan fingerprint density at radius 2 is 2.12 bits per heavy atom. The van der Waals surface area contributed by atoms with E-state index in [0.717, 1.165) is 24.1 Å². The zero-order valence-corrected chi connectivity index (χ0v) is 11.1. The van der Waals surface area contributed by atoms with Crippen molar-refractivity contribution >= 4 is 11.6 Å². The molecule has 1 saturated carbocycles. The van der Waals surface area contributed by atoms with Crippen molar-refractivity contribution in [1.82, 2.24) is 9.78 Å². The minimum absolute atomic E-state index is 0.157. The maximum Gasteiger partial charge on any atom is 0.130 e. The third-order valence-corrected chi connectivity index (χ3v) is 4.16. The van der Waals surface area contributed by atoms with Crippen LogP contribution >= 0.6 is 11.6 Å². The quantitative estimate of drug-likeness (QED) is 0.887. The maximum absolute atomic E-state index is 14.6. The Kier molecular flexibility index (Phi) is 3.46. The molecule has 0 spiro atoms. The molecular weight excluding hydrogens is 241 g/mol. The lowest BCUT2D eigenvalue weighted by atomic mass is 9.80. The predicted molar refractivity (Wildman–Crippen MR) is 66.9 cm³/mol. The Bertz CT molecular complexity index is 408. The van der Waals surface area contributed by atoms with Gasteiger partial charge in [-0.3, -0.25) is 4.68 Å². The number of alkyl halides is 1. The van der Waals surface area contributed by atoms with Crippen molar-refractivity contribution in [2.45, 2.75) is 50.7 Å². The standard InChI is InChI=1S/C12H19ClFN3/c1-8-10(11(13)17(2)16-8)7-12(14)5-3-9(15)4-6-12/h9H,3-7,15H2,1-2H3. The molecule has 0 saturated heterocycles. The van der Waals surface area contributed by atoms with Crippen molar-refractivity contribution in [1.29, 1.82) is 0 Å². The normalized spacial score (nSPS) is 29.6. The van der Waals surface area contributed by atoms with E-state index in [1.807, 2.05) is 6.92 Å². The molecule has 5 heteroatoms. The van der Waals surface area contributed by atoms with Gasteiger partial charge in [0.1, 0.15) is 10.8 Å². The smallest absolute Gasteiger partial charge is 0.130 e. The van der Waals surface area contributed by atoms with E-state index in [1.165, 1.54) is 0 Å². The highest BCUT2D eigenvalue weighted by atomic mass is 35.5. The summed E-state index contributed by atoms with van der Waals surface area (Å²) in [6.07, 6.45) is 2.93. The van der Waals surface area contributed by atoms with Crippen LogP contribution in [0, 0.1) is 6.92 Å². The molecule has 0 radical (unpaired) electrons. The number of nitrogens with two attached hydrogens (primary N) is 1. The zero-order valence-electron chi connectivity index (χ0n) is 10.3. The second-order valence-corrected chi connectivity index (χ2v) is 5.50. The molecule has 1 aromatic heterocycles. The summed E-state index contributed by atoms with van der Waals surface area (Å²) in [5.74, 6) is 0. The lowest BCUT2D eigenvalue weighted by Crippen LogP contribution is -2.37. The number of aromatic nitrogens is 2. The molecule has 0 aliphatic heterocycles. The highest BCUT2D eigenvalue weighted by Gasteiger charge is 2.36. The third-order valence-electron chi connectivity index (χ3n) is 3.69. The van der Waals surface area contributed by atoms with Crippen LogP contribution in [0.1, 0.15) is 36.9 Å². The summed E-state index contributed by atoms with van der Waals surface area (Å²) in [7, 11) is 1.78. The fourth-order valence-corrected chi connectivity index (χ4v) is 2.77. The summed E-state index contributed by atoms with van der Waals surface area (Å²) in [4.78, 5) is 0. The van der Waals surface area contributed by atoms with Crippen molar-refractivity contribution in [2.24, 2.45) is 12.8 Å². The average molecular weight is 260 g/mol. The fraction of sp³-hybridized carbons (Fsp3) is 0.750. The molecule has 1 heterocycles. The van der Waals surface area contributed by atoms with Gasteiger partial charge in [0.25, 0.3) is 0 Å². The van der Waals surface area contributed by atoms with E-state index >= 15 is 0 Å². The number of halogens is 2. The van der Waals surface area contributed by atoms with Crippen LogP contribution < -0.4 is 5.73 Å². The minimum Gasteiger partial charge on any atom is -0.328 e. The van der Waals surface area contributed by atoms with Crippen LogP contribution in [-0.2, 0) is 13.5 Å². The molecule has 0 aromatic carbocycles. The number of hydrogen-bond donors (Lipinski definition) is 1. The number of hydrogen-bond acceptors (Lipinski definition) is 2. The molecule has 96 valence electrons. The fourth-order valence-electron chi connectivity index (χ4n) is 2.53. The Labute approximate surface area is 106 Å². The Morgan fingerprint density at radius 3 is 2.59 bits per heavy atom. The van der Waals surface area contributed by atoms with Crippen LogP contribution in [0.3, 0.4) is 0 Å². The first-order valence-electron chi connectivity index (χ1n) is 6.04. The lowest BCUT2D eigenvalue weighted by Gasteiger charge is -2.32. The van der Waals surface area contributed by atoms with E-state index in [2.05, 4.69) is 5.10 Å². The van der Waals surface area contributed by atoms with Gasteiger partial charge in [-0.05, 0) is 32.6 Å². The van der Waals surface area contributed by atoms with Crippen molar-refractivity contribution in [3.8, 4) is 0 Å². The summed E-state index contributed by atoms with van der Waals surface area (Å²) in [5, 5.41) is 4.77. The number of rotatable bonds is 2. The van der Waals surface area contributed by atoms with Gasteiger partial charge < -0.3 is 5.73 Å². The highest BCUT2D eigenvalue weighted by Crippen LogP contribution is 2.36. The van der Waals surface area contributed by atoms with Gasteiger partial charge in [-0.1, -0.05) is 11.6 Å². The van der Waals surface area contributed by atoms with E-state index in [0.29, 0.717) is 24.4 Å². The van der Waals surface area contributed by atoms with Gasteiger partial charge in [0, 0.05) is 25.1 Å². The summed E-state index contributed by atoms with van der Waals surface area (Å²) in [6, 6.07) is 0.157. The second-order valence-electron chi connectivity index (χ2n) is 5.14. The molecule has 2 N–H and O–H groups in total. The Hall–Kier alpha value is -0.610. The van der Waals surface area contributed by atoms with Gasteiger partial charge in [0.05, 0.1) is 5.69 Å². The summed E-state index contributed by atoms with van der Waals surface area (Å²) >= 11 is 6.13. The molecule has 0 unspecified atom stereocenters. The monoisotopic (exact) mass is 259 g/mol. The molecule has 0 amide bonds. The Morgan fingerprint density at radius 1 is 1.53 bits per heavy atom. The summed E-state index contributed by atoms with van der Waals surface area (Å²) < 4.78 is 16.3. The minimum atomic E-state index is -1.16. The van der Waals surface area contributed by atoms with Gasteiger partial charge in [-0.2, -0.15) is 5.10 Å². The van der Waals surface area contributed by atoms with Crippen LogP contribution in [0.25, 0.3) is 0 Å². The molecule has 0 bridgehead atoms. The van der Waals surface area contributed by atoms with E-state index in [4.69, 9.17) is 17.3 Å². The molecular formula is C12H19ClFN3. The van der Waals surface area contributed by atoms with Crippen LogP contribution in [0.5, 0.6) is 0 Å². The molecule has 1 fully saturated rings. The van der Waals surface area contributed by atoms with Gasteiger partial charge in [-0.25, -0.2) is 4.39 Å². The van der Waals surface area contributed by atoms with Crippen LogP contribution in [0.2, 0.25) is 5.15 Å². The molecule has 1 aromatic rings. The van der Waals surface area contributed by atoms with E-state index in [9.17, 15) is 4.39 Å². The average Bonchev–Trinajstić information content (AvgIpc) is 2.50. The van der Waals surface area contributed by atoms with Crippen molar-refractivity contribution in [3.05, 3.63) is 16.4 Å². The van der Waals surface area contributed by atoms with Crippen molar-refractivity contribution in [3.63, 3.8) is 0 Å². The van der Waals surface area contributed by atoms with Crippen molar-refractivity contribution < 1.29 is 4.39 Å². The van der Waals surface area contributed by atoms with Crippen LogP contribution in [0.4, 0.5) is 4.39 Å². The second kappa shape index (κ2) is 4.58. The zero-order chi connectivity index (χ0) is 12.6. The van der Waals surface area contributed by atoms with Gasteiger partial charge >= 0.3 is 0 Å². The molecule has 17 heavy (non-hydrogen) atoms. The first-order valence-corrected chi connectivity index (χ1v) is 6.41. The third kappa shape index (κ3) is 2.63. The van der Waals surface area contributed by atoms with Crippen LogP contribution in [0.15, 0.2) is 0 Å². The molecule has 1 aliphatic rings. The summed E-state index contributed by atoms with van der Waals surface area (Å²) in [5.41, 5.74) is 6.31. The first-order chi connectivity index (χ1) is 7.91. The maximum atomic E-state index is 14.6. The molecule has 0 atom stereocenters. The van der Waals surface area contributed by atoms with E-state index in [-0.39, 0.29) is 6.04 Å². The lowest BCUT2D eigenvalue weighted by molar-refractivity contribution is 0.0993.